The molecule has 0 unspecified atom stereocenters. The van der Waals surface area contributed by atoms with Crippen molar-refractivity contribution in [1.29, 1.82) is 0 Å². The molecule has 20 heavy (non-hydrogen) atoms. The van der Waals surface area contributed by atoms with Crippen LogP contribution in [0.1, 0.15) is 24.0 Å². The first kappa shape index (κ1) is 15.3. The Hall–Kier alpha value is -1.10. The number of ether oxygens (including phenoxy) is 2. The molecule has 4 nitrogen and oxygen atoms in total. The first-order valence-corrected chi connectivity index (χ1v) is 7.34. The van der Waals surface area contributed by atoms with Gasteiger partial charge in [-0.3, -0.25) is 0 Å². The standard InChI is InChI=1S/C16H25NO3/c1-12-3-4-16(13(2)9-12)20-11-15(18)10-17-14-5-7-19-8-6-14/h3-4,9,14-15,17-18H,5-8,10-11H2,1-2H3/t15-/m0/s1. The molecule has 1 aromatic carbocycles. The van der Waals surface area contributed by atoms with Crippen LogP contribution >= 0.6 is 0 Å². The van der Waals surface area contributed by atoms with Crippen LogP contribution in [0.4, 0.5) is 0 Å². The van der Waals surface area contributed by atoms with Crippen LogP contribution in [-0.4, -0.2) is 43.6 Å². The van der Waals surface area contributed by atoms with Crippen molar-refractivity contribution in [2.75, 3.05) is 26.4 Å². The highest BCUT2D eigenvalue weighted by atomic mass is 16.5. The molecule has 0 aromatic heterocycles. The van der Waals surface area contributed by atoms with Crippen LogP contribution in [0.2, 0.25) is 0 Å². The summed E-state index contributed by atoms with van der Waals surface area (Å²) in [6.07, 6.45) is 1.55. The first-order valence-electron chi connectivity index (χ1n) is 7.34. The average molecular weight is 279 g/mol. The maximum Gasteiger partial charge on any atom is 0.122 e. The molecule has 1 fully saturated rings. The van der Waals surface area contributed by atoms with Gasteiger partial charge < -0.3 is 19.9 Å². The fourth-order valence-corrected chi connectivity index (χ4v) is 2.41. The van der Waals surface area contributed by atoms with E-state index in [1.807, 2.05) is 19.1 Å². The number of aliphatic hydroxyl groups is 1. The zero-order valence-electron chi connectivity index (χ0n) is 12.4. The molecular formula is C16H25NO3. The molecular weight excluding hydrogens is 254 g/mol. The van der Waals surface area contributed by atoms with Crippen LogP contribution in [-0.2, 0) is 4.74 Å². The van der Waals surface area contributed by atoms with Gasteiger partial charge in [0.05, 0.1) is 0 Å². The van der Waals surface area contributed by atoms with Crippen LogP contribution in [0.5, 0.6) is 5.75 Å². The van der Waals surface area contributed by atoms with Crippen molar-refractivity contribution in [3.63, 3.8) is 0 Å². The molecule has 0 bridgehead atoms. The Kier molecular flexibility index (Phi) is 5.83. The van der Waals surface area contributed by atoms with E-state index in [-0.39, 0.29) is 0 Å². The van der Waals surface area contributed by atoms with Gasteiger partial charge in [0.25, 0.3) is 0 Å². The third kappa shape index (κ3) is 4.78. The highest BCUT2D eigenvalue weighted by Gasteiger charge is 2.15. The zero-order chi connectivity index (χ0) is 14.4. The van der Waals surface area contributed by atoms with Crippen LogP contribution in [0.3, 0.4) is 0 Å². The van der Waals surface area contributed by atoms with Crippen LogP contribution in [0, 0.1) is 13.8 Å². The number of aliphatic hydroxyl groups excluding tert-OH is 1. The van der Waals surface area contributed by atoms with E-state index in [1.165, 1.54) is 5.56 Å². The average Bonchev–Trinajstić information content (AvgIpc) is 2.45. The van der Waals surface area contributed by atoms with Crippen LogP contribution in [0.15, 0.2) is 18.2 Å². The van der Waals surface area contributed by atoms with Crippen molar-refractivity contribution in [3.05, 3.63) is 29.3 Å². The molecule has 1 atom stereocenters. The van der Waals surface area contributed by atoms with Gasteiger partial charge in [0.1, 0.15) is 18.5 Å². The third-order valence-electron chi connectivity index (χ3n) is 3.63. The van der Waals surface area contributed by atoms with Crippen molar-refractivity contribution >= 4 is 0 Å². The summed E-state index contributed by atoms with van der Waals surface area (Å²) in [5.74, 6) is 0.848. The van der Waals surface area contributed by atoms with Gasteiger partial charge in [-0.15, -0.1) is 0 Å². The third-order valence-corrected chi connectivity index (χ3v) is 3.63. The van der Waals surface area contributed by atoms with Gasteiger partial charge in [-0.2, -0.15) is 0 Å². The number of hydrogen-bond acceptors (Lipinski definition) is 4. The van der Waals surface area contributed by atoms with Crippen LogP contribution in [0.25, 0.3) is 0 Å². The highest BCUT2D eigenvalue weighted by molar-refractivity contribution is 5.35. The van der Waals surface area contributed by atoms with E-state index in [0.29, 0.717) is 19.2 Å². The molecule has 2 rings (SSSR count). The number of hydrogen-bond donors (Lipinski definition) is 2. The van der Waals surface area contributed by atoms with Gasteiger partial charge in [0.15, 0.2) is 0 Å². The molecule has 2 N–H and O–H groups in total. The summed E-state index contributed by atoms with van der Waals surface area (Å²) in [6.45, 7) is 6.59. The molecule has 1 aliphatic heterocycles. The Morgan fingerprint density at radius 2 is 2.10 bits per heavy atom. The summed E-state index contributed by atoms with van der Waals surface area (Å²) >= 11 is 0. The van der Waals surface area contributed by atoms with E-state index in [0.717, 1.165) is 37.4 Å². The Morgan fingerprint density at radius 1 is 1.35 bits per heavy atom. The van der Waals surface area contributed by atoms with Crippen molar-refractivity contribution in [2.45, 2.75) is 38.8 Å². The lowest BCUT2D eigenvalue weighted by molar-refractivity contribution is 0.0654. The first-order chi connectivity index (χ1) is 9.65. The van der Waals surface area contributed by atoms with Gasteiger partial charge in [0.2, 0.25) is 0 Å². The van der Waals surface area contributed by atoms with Crippen molar-refractivity contribution in [3.8, 4) is 5.75 Å². The minimum absolute atomic E-state index is 0.320. The monoisotopic (exact) mass is 279 g/mol. The summed E-state index contributed by atoms with van der Waals surface area (Å²) in [5, 5.41) is 13.3. The lowest BCUT2D eigenvalue weighted by Gasteiger charge is -2.24. The predicted molar refractivity (Wildman–Crippen MR) is 79.3 cm³/mol. The maximum atomic E-state index is 9.97. The molecule has 0 spiro atoms. The summed E-state index contributed by atoms with van der Waals surface area (Å²) < 4.78 is 11.0. The van der Waals surface area contributed by atoms with E-state index in [1.54, 1.807) is 0 Å². The largest absolute Gasteiger partial charge is 0.491 e. The minimum Gasteiger partial charge on any atom is -0.491 e. The second-order valence-electron chi connectivity index (χ2n) is 5.53. The Balaban J connectivity index is 1.70. The van der Waals surface area contributed by atoms with E-state index < -0.39 is 6.10 Å². The Morgan fingerprint density at radius 3 is 2.80 bits per heavy atom. The lowest BCUT2D eigenvalue weighted by atomic mass is 10.1. The van der Waals surface area contributed by atoms with E-state index in [9.17, 15) is 5.11 Å². The summed E-state index contributed by atoms with van der Waals surface area (Å²) in [6, 6.07) is 6.53. The molecule has 0 saturated carbocycles. The van der Waals surface area contributed by atoms with Gasteiger partial charge in [-0.1, -0.05) is 17.7 Å². The van der Waals surface area contributed by atoms with Crippen LogP contribution < -0.4 is 10.1 Å². The van der Waals surface area contributed by atoms with Gasteiger partial charge in [0, 0.05) is 25.8 Å². The smallest absolute Gasteiger partial charge is 0.122 e. The second kappa shape index (κ2) is 7.62. The van der Waals surface area contributed by atoms with Gasteiger partial charge in [-0.25, -0.2) is 0 Å². The molecule has 0 radical (unpaired) electrons. The topological polar surface area (TPSA) is 50.7 Å². The van der Waals surface area contributed by atoms with Gasteiger partial charge in [-0.05, 0) is 38.3 Å². The fraction of sp³-hybridized carbons (Fsp3) is 0.625. The number of aryl methyl sites for hydroxylation is 2. The predicted octanol–water partition coefficient (Wildman–Crippen LogP) is 1.81. The van der Waals surface area contributed by atoms with Crippen molar-refractivity contribution in [2.24, 2.45) is 0 Å². The molecule has 112 valence electrons. The normalized spacial score (nSPS) is 17.9. The number of benzene rings is 1. The maximum absolute atomic E-state index is 9.97. The molecule has 4 heteroatoms. The molecule has 0 amide bonds. The summed E-state index contributed by atoms with van der Waals surface area (Å²) in [4.78, 5) is 0. The van der Waals surface area contributed by atoms with E-state index in [4.69, 9.17) is 9.47 Å². The number of nitrogens with one attached hydrogen (secondary N) is 1. The minimum atomic E-state index is -0.487. The highest BCUT2D eigenvalue weighted by Crippen LogP contribution is 2.18. The summed E-state index contributed by atoms with van der Waals surface area (Å²) in [5.41, 5.74) is 2.33. The number of rotatable bonds is 6. The zero-order valence-corrected chi connectivity index (χ0v) is 12.4. The summed E-state index contributed by atoms with van der Waals surface area (Å²) in [7, 11) is 0. The van der Waals surface area contributed by atoms with Crippen molar-refractivity contribution in [1.82, 2.24) is 5.32 Å². The fourth-order valence-electron chi connectivity index (χ4n) is 2.41. The SMILES string of the molecule is Cc1ccc(OC[C@@H](O)CNC2CCOCC2)c(C)c1. The molecule has 1 aliphatic rings. The quantitative estimate of drug-likeness (QED) is 0.834. The second-order valence-corrected chi connectivity index (χ2v) is 5.53. The van der Waals surface area contributed by atoms with Crippen molar-refractivity contribution < 1.29 is 14.6 Å². The van der Waals surface area contributed by atoms with E-state index >= 15 is 0 Å². The molecule has 1 aromatic rings. The molecule has 1 saturated heterocycles. The molecule has 0 aliphatic carbocycles. The molecule has 1 heterocycles. The van der Waals surface area contributed by atoms with Gasteiger partial charge >= 0.3 is 0 Å². The lowest BCUT2D eigenvalue weighted by Crippen LogP contribution is -2.40. The Bertz CT molecular complexity index is 416. The van der Waals surface area contributed by atoms with E-state index in [2.05, 4.69) is 18.3 Å². The Labute approximate surface area is 121 Å².